The highest BCUT2D eigenvalue weighted by molar-refractivity contribution is 5.49. The molecule has 0 aromatic heterocycles. The highest BCUT2D eigenvalue weighted by atomic mass is 19.1. The molecule has 0 aliphatic heterocycles. The molecule has 1 rings (SSSR count). The summed E-state index contributed by atoms with van der Waals surface area (Å²) in [7, 11) is 1.81. The maximum atomic E-state index is 13.4. The minimum absolute atomic E-state index is 0.273. The van der Waals surface area contributed by atoms with Crippen molar-refractivity contribution in [2.75, 3.05) is 25.2 Å². The first-order valence-corrected chi connectivity index (χ1v) is 4.76. The third-order valence-electron chi connectivity index (χ3n) is 1.98. The van der Waals surface area contributed by atoms with Crippen LogP contribution < -0.4 is 20.9 Å². The molecular weight excluding hydrogens is 197 g/mol. The van der Waals surface area contributed by atoms with Gasteiger partial charge in [-0.25, -0.2) is 9.82 Å². The monoisotopic (exact) mass is 213 g/mol. The van der Waals surface area contributed by atoms with Gasteiger partial charge in [0.2, 0.25) is 0 Å². The van der Waals surface area contributed by atoms with Crippen molar-refractivity contribution in [2.24, 2.45) is 5.84 Å². The molecule has 0 bridgehead atoms. The molecule has 1 aromatic rings. The quantitative estimate of drug-likeness (QED) is 0.436. The molecular formula is C10H16FN3O. The van der Waals surface area contributed by atoms with Crippen molar-refractivity contribution in [2.45, 2.75) is 6.92 Å². The van der Waals surface area contributed by atoms with Gasteiger partial charge < -0.3 is 9.64 Å². The summed E-state index contributed by atoms with van der Waals surface area (Å²) < 4.78 is 18.5. The van der Waals surface area contributed by atoms with E-state index in [1.807, 2.05) is 14.0 Å². The van der Waals surface area contributed by atoms with Crippen molar-refractivity contribution >= 4 is 5.69 Å². The maximum Gasteiger partial charge on any atom is 0.167 e. The number of anilines is 1. The number of rotatable bonds is 5. The topological polar surface area (TPSA) is 50.5 Å². The van der Waals surface area contributed by atoms with E-state index in [0.29, 0.717) is 13.3 Å². The summed E-state index contributed by atoms with van der Waals surface area (Å²) in [4.78, 5) is 1.79. The van der Waals surface area contributed by atoms with E-state index in [9.17, 15) is 4.39 Å². The zero-order chi connectivity index (χ0) is 11.3. The molecule has 0 saturated heterocycles. The average molecular weight is 213 g/mol. The number of hydrogen-bond acceptors (Lipinski definition) is 4. The first-order chi connectivity index (χ1) is 7.19. The van der Waals surface area contributed by atoms with Gasteiger partial charge in [-0.3, -0.25) is 5.84 Å². The summed E-state index contributed by atoms with van der Waals surface area (Å²) in [5.41, 5.74) is 3.24. The zero-order valence-electron chi connectivity index (χ0n) is 8.96. The fourth-order valence-electron chi connectivity index (χ4n) is 1.23. The highest BCUT2D eigenvalue weighted by Crippen LogP contribution is 2.22. The number of halogens is 1. The van der Waals surface area contributed by atoms with Crippen molar-refractivity contribution in [3.05, 3.63) is 24.0 Å². The standard InChI is InChI=1S/C10H16FN3O/c1-3-15-10-5-4-8(6-9(10)11)14(2)7-13-12/h4-6,13H,3,7,12H2,1-2H3. The third kappa shape index (κ3) is 3.07. The van der Waals surface area contributed by atoms with Crippen LogP contribution in [0.4, 0.5) is 10.1 Å². The van der Waals surface area contributed by atoms with Crippen LogP contribution in [0.15, 0.2) is 18.2 Å². The molecule has 15 heavy (non-hydrogen) atoms. The molecule has 0 heterocycles. The van der Waals surface area contributed by atoms with Crippen LogP contribution in [0.25, 0.3) is 0 Å². The molecule has 0 fully saturated rings. The van der Waals surface area contributed by atoms with Crippen LogP contribution in [-0.2, 0) is 0 Å². The first-order valence-electron chi connectivity index (χ1n) is 4.76. The molecule has 5 heteroatoms. The molecule has 0 aliphatic rings. The molecule has 0 spiro atoms. The SMILES string of the molecule is CCOc1ccc(N(C)CNN)cc1F. The summed E-state index contributed by atoms with van der Waals surface area (Å²) in [5, 5.41) is 0. The lowest BCUT2D eigenvalue weighted by Crippen LogP contribution is -2.35. The van der Waals surface area contributed by atoms with E-state index < -0.39 is 0 Å². The predicted molar refractivity (Wildman–Crippen MR) is 58.2 cm³/mol. The van der Waals surface area contributed by atoms with Crippen LogP contribution in [0.5, 0.6) is 5.75 Å². The lowest BCUT2D eigenvalue weighted by Gasteiger charge is -2.18. The average Bonchev–Trinajstić information content (AvgIpc) is 2.21. The van der Waals surface area contributed by atoms with Crippen molar-refractivity contribution in [1.82, 2.24) is 5.43 Å². The molecule has 84 valence electrons. The Kier molecular flexibility index (Phi) is 4.33. The highest BCUT2D eigenvalue weighted by Gasteiger charge is 2.06. The van der Waals surface area contributed by atoms with Gasteiger partial charge in [0, 0.05) is 18.8 Å². The molecule has 0 aliphatic carbocycles. The summed E-state index contributed by atoms with van der Waals surface area (Å²) >= 11 is 0. The first kappa shape index (κ1) is 11.7. The zero-order valence-corrected chi connectivity index (χ0v) is 8.96. The van der Waals surface area contributed by atoms with Crippen LogP contribution in [-0.4, -0.2) is 20.3 Å². The minimum Gasteiger partial charge on any atom is -0.491 e. The van der Waals surface area contributed by atoms with Crippen LogP contribution in [0.2, 0.25) is 0 Å². The van der Waals surface area contributed by atoms with Crippen LogP contribution in [0.3, 0.4) is 0 Å². The smallest absolute Gasteiger partial charge is 0.167 e. The molecule has 3 N–H and O–H groups in total. The van der Waals surface area contributed by atoms with E-state index in [4.69, 9.17) is 10.6 Å². The number of benzene rings is 1. The van der Waals surface area contributed by atoms with Gasteiger partial charge >= 0.3 is 0 Å². The number of nitrogens with one attached hydrogen (secondary N) is 1. The normalized spacial score (nSPS) is 10.1. The van der Waals surface area contributed by atoms with Crippen molar-refractivity contribution < 1.29 is 9.13 Å². The van der Waals surface area contributed by atoms with Gasteiger partial charge in [0.05, 0.1) is 13.3 Å². The van der Waals surface area contributed by atoms with Crippen molar-refractivity contribution in [3.63, 3.8) is 0 Å². The fraction of sp³-hybridized carbons (Fsp3) is 0.400. The Balaban J connectivity index is 2.81. The Morgan fingerprint density at radius 3 is 2.80 bits per heavy atom. The number of hydrazine groups is 1. The Morgan fingerprint density at radius 2 is 2.27 bits per heavy atom. The number of nitrogens with zero attached hydrogens (tertiary/aromatic N) is 1. The molecule has 4 nitrogen and oxygen atoms in total. The summed E-state index contributed by atoms with van der Waals surface area (Å²) in [6.07, 6.45) is 0. The van der Waals surface area contributed by atoms with Crippen LogP contribution in [0.1, 0.15) is 6.92 Å². The molecule has 0 atom stereocenters. The Bertz CT molecular complexity index is 320. The van der Waals surface area contributed by atoms with Gasteiger partial charge in [-0.1, -0.05) is 0 Å². The second-order valence-corrected chi connectivity index (χ2v) is 3.11. The van der Waals surface area contributed by atoms with Gasteiger partial charge in [-0.2, -0.15) is 0 Å². The van der Waals surface area contributed by atoms with Gasteiger partial charge in [0.1, 0.15) is 0 Å². The molecule has 0 radical (unpaired) electrons. The van der Waals surface area contributed by atoms with Gasteiger partial charge in [-0.15, -0.1) is 0 Å². The van der Waals surface area contributed by atoms with Gasteiger partial charge in [0.25, 0.3) is 0 Å². The van der Waals surface area contributed by atoms with E-state index in [1.54, 1.807) is 17.0 Å². The molecule has 0 amide bonds. The number of ether oxygens (including phenoxy) is 1. The number of hydrogen-bond donors (Lipinski definition) is 2. The summed E-state index contributed by atoms with van der Waals surface area (Å²) in [5.74, 6) is 5.08. The van der Waals surface area contributed by atoms with Crippen LogP contribution >= 0.6 is 0 Å². The van der Waals surface area contributed by atoms with E-state index >= 15 is 0 Å². The van der Waals surface area contributed by atoms with E-state index in [1.165, 1.54) is 6.07 Å². The van der Waals surface area contributed by atoms with Crippen molar-refractivity contribution in [1.29, 1.82) is 0 Å². The Labute approximate surface area is 88.8 Å². The largest absolute Gasteiger partial charge is 0.491 e. The summed E-state index contributed by atoms with van der Waals surface area (Å²) in [6.45, 7) is 2.72. The van der Waals surface area contributed by atoms with Gasteiger partial charge in [-0.05, 0) is 19.1 Å². The fourth-order valence-corrected chi connectivity index (χ4v) is 1.23. The molecule has 0 saturated carbocycles. The van der Waals surface area contributed by atoms with E-state index in [2.05, 4.69) is 5.43 Å². The van der Waals surface area contributed by atoms with Crippen molar-refractivity contribution in [3.8, 4) is 5.75 Å². The third-order valence-corrected chi connectivity index (χ3v) is 1.98. The Morgan fingerprint density at radius 1 is 1.53 bits per heavy atom. The second kappa shape index (κ2) is 5.53. The second-order valence-electron chi connectivity index (χ2n) is 3.11. The van der Waals surface area contributed by atoms with E-state index in [-0.39, 0.29) is 11.6 Å². The minimum atomic E-state index is -0.363. The van der Waals surface area contributed by atoms with E-state index in [0.717, 1.165) is 5.69 Å². The number of nitrogens with two attached hydrogens (primary N) is 1. The Hall–Kier alpha value is -1.33. The maximum absolute atomic E-state index is 13.4. The lowest BCUT2D eigenvalue weighted by molar-refractivity contribution is 0.321. The molecule has 0 unspecified atom stereocenters. The lowest BCUT2D eigenvalue weighted by atomic mass is 10.2. The van der Waals surface area contributed by atoms with Crippen LogP contribution in [0, 0.1) is 5.82 Å². The predicted octanol–water partition coefficient (Wildman–Crippen LogP) is 1.08. The van der Waals surface area contributed by atoms with Gasteiger partial charge in [0.15, 0.2) is 11.6 Å². The molecule has 1 aromatic carbocycles. The summed E-state index contributed by atoms with van der Waals surface area (Å²) in [6, 6.07) is 4.81.